The van der Waals surface area contributed by atoms with E-state index in [0.717, 1.165) is 0 Å². The third-order valence-corrected chi connectivity index (χ3v) is 7.13. The zero-order valence-electron chi connectivity index (χ0n) is 17.5. The van der Waals surface area contributed by atoms with Crippen molar-refractivity contribution in [1.29, 1.82) is 0 Å². The molecule has 0 radical (unpaired) electrons. The predicted octanol–water partition coefficient (Wildman–Crippen LogP) is 1.89. The summed E-state index contributed by atoms with van der Waals surface area (Å²) in [6.45, 7) is 1.93. The Morgan fingerprint density at radius 3 is 2.75 bits per heavy atom. The van der Waals surface area contributed by atoms with Crippen molar-refractivity contribution in [3.63, 3.8) is 0 Å². The zero-order chi connectivity index (χ0) is 23.1. The summed E-state index contributed by atoms with van der Waals surface area (Å²) in [7, 11) is 1.60. The maximum absolute atomic E-state index is 14.4. The average Bonchev–Trinajstić information content (AvgIpc) is 3.02. The number of halogens is 2. The minimum absolute atomic E-state index is 0.0246. The Balaban J connectivity index is 1.54. The van der Waals surface area contributed by atoms with Crippen LogP contribution in [0.4, 0.5) is 8.78 Å². The van der Waals surface area contributed by atoms with E-state index in [-0.39, 0.29) is 25.0 Å². The lowest BCUT2D eigenvalue weighted by Crippen LogP contribution is -2.37. The third kappa shape index (κ3) is 2.72. The molecule has 1 aliphatic heterocycles. The highest BCUT2D eigenvalue weighted by Crippen LogP contribution is 2.70. The number of likely N-dealkylation sites (tertiary alicyclic amines) is 1. The monoisotopic (exact) mass is 441 g/mol. The SMILES string of the molecule is CN1CC[C@@](O)(C#Cc2cccc(-n3nc(C(=O)O)c4c3C[C@]3(C)C(C4)C3(F)F)c2)C1=O. The van der Waals surface area contributed by atoms with Crippen LogP contribution in [0.1, 0.15) is 40.7 Å². The highest BCUT2D eigenvalue weighted by molar-refractivity contribution is 5.90. The summed E-state index contributed by atoms with van der Waals surface area (Å²) in [6.07, 6.45) is 0.205. The number of hydrogen-bond donors (Lipinski definition) is 2. The number of fused-ring (bicyclic) bond motifs is 2. The second-order valence-electron chi connectivity index (χ2n) is 9.10. The van der Waals surface area contributed by atoms with Gasteiger partial charge in [0.2, 0.25) is 5.60 Å². The van der Waals surface area contributed by atoms with E-state index in [1.165, 1.54) is 16.5 Å². The standard InChI is InChI=1S/C23H21F2N3O4/c1-21-12-16-15(11-17(21)23(21,24)25)18(19(29)30)26-28(16)14-5-3-4-13(10-14)6-7-22(32)8-9-27(2)20(22)31/h3-5,10,17,32H,8-9,11-12H2,1-2H3,(H,29,30)/t17?,21-,22+/m1/s1. The zero-order valence-corrected chi connectivity index (χ0v) is 17.5. The Morgan fingerprint density at radius 1 is 1.34 bits per heavy atom. The molecule has 3 atom stereocenters. The third-order valence-electron chi connectivity index (χ3n) is 7.13. The summed E-state index contributed by atoms with van der Waals surface area (Å²) < 4.78 is 30.1. The molecule has 1 aromatic heterocycles. The van der Waals surface area contributed by atoms with Gasteiger partial charge in [-0.25, -0.2) is 18.3 Å². The van der Waals surface area contributed by atoms with E-state index in [0.29, 0.717) is 29.1 Å². The Bertz CT molecular complexity index is 1240. The number of aromatic carboxylic acids is 1. The first-order valence-corrected chi connectivity index (χ1v) is 10.3. The van der Waals surface area contributed by atoms with Gasteiger partial charge >= 0.3 is 5.97 Å². The molecule has 2 fully saturated rings. The summed E-state index contributed by atoms with van der Waals surface area (Å²) >= 11 is 0. The van der Waals surface area contributed by atoms with E-state index in [9.17, 15) is 28.6 Å². The molecule has 9 heteroatoms. The minimum atomic E-state index is -2.84. The molecule has 166 valence electrons. The molecule has 1 amide bonds. The van der Waals surface area contributed by atoms with Gasteiger partial charge in [-0.2, -0.15) is 5.10 Å². The number of carboxylic acid groups (broad SMARTS) is 1. The molecule has 5 rings (SSSR count). The van der Waals surface area contributed by atoms with Gasteiger partial charge in [0.05, 0.1) is 5.69 Å². The Hall–Kier alpha value is -3.25. The fourth-order valence-electron chi connectivity index (χ4n) is 4.95. The van der Waals surface area contributed by atoms with Gasteiger partial charge in [-0.3, -0.25) is 4.79 Å². The van der Waals surface area contributed by atoms with Crippen molar-refractivity contribution in [2.24, 2.45) is 11.3 Å². The van der Waals surface area contributed by atoms with E-state index in [2.05, 4.69) is 16.9 Å². The first-order valence-electron chi connectivity index (χ1n) is 10.3. The van der Waals surface area contributed by atoms with Crippen LogP contribution in [0, 0.1) is 23.2 Å². The molecule has 1 saturated carbocycles. The van der Waals surface area contributed by atoms with Crippen molar-refractivity contribution in [3.05, 3.63) is 46.8 Å². The fourth-order valence-corrected chi connectivity index (χ4v) is 4.95. The first-order chi connectivity index (χ1) is 15.0. The molecule has 32 heavy (non-hydrogen) atoms. The van der Waals surface area contributed by atoms with Gasteiger partial charge in [-0.15, -0.1) is 0 Å². The van der Waals surface area contributed by atoms with Gasteiger partial charge in [0.15, 0.2) is 5.69 Å². The number of hydrogen-bond acceptors (Lipinski definition) is 4. The Labute approximate surface area is 182 Å². The number of carbonyl (C=O) groups excluding carboxylic acids is 1. The number of aromatic nitrogens is 2. The van der Waals surface area contributed by atoms with Crippen LogP contribution < -0.4 is 0 Å². The minimum Gasteiger partial charge on any atom is -0.476 e. The van der Waals surface area contributed by atoms with Crippen LogP contribution in [0.15, 0.2) is 24.3 Å². The van der Waals surface area contributed by atoms with Crippen LogP contribution in [-0.4, -0.2) is 61.9 Å². The van der Waals surface area contributed by atoms with E-state index in [1.54, 1.807) is 31.3 Å². The lowest BCUT2D eigenvalue weighted by atomic mass is 9.87. The lowest BCUT2D eigenvalue weighted by Gasteiger charge is -2.18. The Morgan fingerprint density at radius 2 is 2.09 bits per heavy atom. The van der Waals surface area contributed by atoms with Gasteiger partial charge in [0.25, 0.3) is 11.8 Å². The molecule has 2 heterocycles. The number of benzene rings is 1. The molecule has 0 spiro atoms. The normalized spacial score (nSPS) is 29.7. The second kappa shape index (κ2) is 6.39. The number of nitrogens with zero attached hydrogens (tertiary/aromatic N) is 3. The molecule has 7 nitrogen and oxygen atoms in total. The average molecular weight is 441 g/mol. The van der Waals surface area contributed by atoms with Gasteiger partial charge in [0.1, 0.15) is 0 Å². The summed E-state index contributed by atoms with van der Waals surface area (Å²) in [5, 5.41) is 24.3. The number of carboxylic acids is 1. The van der Waals surface area contributed by atoms with Crippen molar-refractivity contribution < 1.29 is 28.6 Å². The molecule has 1 aromatic carbocycles. The number of amides is 1. The number of alkyl halides is 2. The van der Waals surface area contributed by atoms with Crippen molar-refractivity contribution in [1.82, 2.24) is 14.7 Å². The van der Waals surface area contributed by atoms with E-state index >= 15 is 0 Å². The fraction of sp³-hybridized carbons (Fsp3) is 0.435. The smallest absolute Gasteiger partial charge is 0.356 e. The summed E-state index contributed by atoms with van der Waals surface area (Å²) in [5.74, 6) is 0.0259. The second-order valence-corrected chi connectivity index (χ2v) is 9.10. The van der Waals surface area contributed by atoms with Crippen molar-refractivity contribution in [2.45, 2.75) is 37.7 Å². The van der Waals surface area contributed by atoms with Crippen LogP contribution >= 0.6 is 0 Å². The summed E-state index contributed by atoms with van der Waals surface area (Å²) in [4.78, 5) is 25.3. The first kappa shape index (κ1) is 20.6. The van der Waals surface area contributed by atoms with Crippen LogP contribution in [0.2, 0.25) is 0 Å². The number of likely N-dealkylation sites (N-methyl/N-ethyl adjacent to an activating group) is 1. The predicted molar refractivity (Wildman–Crippen MR) is 109 cm³/mol. The van der Waals surface area contributed by atoms with Crippen molar-refractivity contribution in [3.8, 4) is 17.5 Å². The molecule has 2 aliphatic carbocycles. The summed E-state index contributed by atoms with van der Waals surface area (Å²) in [6, 6.07) is 6.69. The van der Waals surface area contributed by atoms with E-state index in [4.69, 9.17) is 0 Å². The quantitative estimate of drug-likeness (QED) is 0.694. The van der Waals surface area contributed by atoms with Gasteiger partial charge in [0, 0.05) is 54.6 Å². The lowest BCUT2D eigenvalue weighted by molar-refractivity contribution is -0.137. The molecule has 2 N–H and O–H groups in total. The van der Waals surface area contributed by atoms with E-state index < -0.39 is 34.7 Å². The number of rotatable bonds is 2. The molecular formula is C23H21F2N3O4. The van der Waals surface area contributed by atoms with Crippen LogP contribution in [0.25, 0.3) is 5.69 Å². The largest absolute Gasteiger partial charge is 0.476 e. The molecule has 1 saturated heterocycles. The van der Waals surface area contributed by atoms with Crippen molar-refractivity contribution >= 4 is 11.9 Å². The topological polar surface area (TPSA) is 95.7 Å². The highest BCUT2D eigenvalue weighted by atomic mass is 19.3. The molecule has 0 bridgehead atoms. The summed E-state index contributed by atoms with van der Waals surface area (Å²) in [5.41, 5.74) is -1.38. The van der Waals surface area contributed by atoms with Gasteiger partial charge in [-0.1, -0.05) is 24.8 Å². The Kier molecular flexibility index (Phi) is 4.12. The van der Waals surface area contributed by atoms with Crippen LogP contribution in [-0.2, 0) is 17.6 Å². The van der Waals surface area contributed by atoms with E-state index in [1.807, 2.05) is 0 Å². The van der Waals surface area contributed by atoms with Crippen LogP contribution in [0.3, 0.4) is 0 Å². The molecule has 2 aromatic rings. The maximum atomic E-state index is 14.4. The van der Waals surface area contributed by atoms with Gasteiger partial charge in [-0.05, 0) is 24.6 Å². The number of carbonyl (C=O) groups is 2. The number of aliphatic hydroxyl groups is 1. The van der Waals surface area contributed by atoms with Crippen LogP contribution in [0.5, 0.6) is 0 Å². The molecular weight excluding hydrogens is 420 g/mol. The van der Waals surface area contributed by atoms with Crippen molar-refractivity contribution in [2.75, 3.05) is 13.6 Å². The van der Waals surface area contributed by atoms with Gasteiger partial charge < -0.3 is 15.1 Å². The molecule has 1 unspecified atom stereocenters. The maximum Gasteiger partial charge on any atom is 0.356 e. The molecule has 3 aliphatic rings. The highest BCUT2D eigenvalue weighted by Gasteiger charge is 2.78.